The smallest absolute Gasteiger partial charge is 0.312 e. The third-order valence-corrected chi connectivity index (χ3v) is 2.58. The van der Waals surface area contributed by atoms with Crippen molar-refractivity contribution in [2.75, 3.05) is 6.54 Å². The summed E-state index contributed by atoms with van der Waals surface area (Å²) in [6, 6.07) is 5.23. The fourth-order valence-electron chi connectivity index (χ4n) is 1.45. The molecule has 0 aliphatic carbocycles. The van der Waals surface area contributed by atoms with E-state index in [2.05, 4.69) is 5.32 Å². The molecule has 1 unspecified atom stereocenters. The van der Waals surface area contributed by atoms with Crippen LogP contribution in [0.25, 0.3) is 0 Å². The third-order valence-electron chi connectivity index (χ3n) is 2.58. The molecule has 0 aliphatic heterocycles. The van der Waals surface area contributed by atoms with Gasteiger partial charge in [-0.25, -0.2) is 4.39 Å². The maximum Gasteiger partial charge on any atom is 0.312 e. The summed E-state index contributed by atoms with van der Waals surface area (Å²) in [6.45, 7) is 3.45. The van der Waals surface area contributed by atoms with Crippen LogP contribution in [-0.2, 0) is 9.59 Å². The lowest BCUT2D eigenvalue weighted by Gasteiger charge is -2.15. The van der Waals surface area contributed by atoms with E-state index in [1.165, 1.54) is 24.3 Å². The van der Waals surface area contributed by atoms with Crippen LogP contribution in [0.4, 0.5) is 4.39 Å². The standard InChI is InChI=1S/C13H16FNO3/c1-8(2)12(16)15-7-11(13(17)18)9-3-5-10(14)6-4-9/h3-6,8,11H,7H2,1-2H3,(H,15,16)(H,17,18). The monoisotopic (exact) mass is 253 g/mol. The Kier molecular flexibility index (Phi) is 4.83. The Morgan fingerprint density at radius 2 is 1.83 bits per heavy atom. The van der Waals surface area contributed by atoms with Crippen molar-refractivity contribution >= 4 is 11.9 Å². The molecule has 0 saturated carbocycles. The number of benzene rings is 1. The second kappa shape index (κ2) is 6.14. The van der Waals surface area contributed by atoms with Gasteiger partial charge >= 0.3 is 5.97 Å². The molecule has 0 radical (unpaired) electrons. The number of carbonyl (C=O) groups excluding carboxylic acids is 1. The van der Waals surface area contributed by atoms with E-state index in [1.807, 2.05) is 0 Å². The lowest BCUT2D eigenvalue weighted by molar-refractivity contribution is -0.138. The highest BCUT2D eigenvalue weighted by Gasteiger charge is 2.21. The van der Waals surface area contributed by atoms with Crippen LogP contribution in [0, 0.1) is 11.7 Å². The van der Waals surface area contributed by atoms with Gasteiger partial charge in [0, 0.05) is 12.5 Å². The van der Waals surface area contributed by atoms with E-state index in [-0.39, 0.29) is 18.4 Å². The number of rotatable bonds is 5. The molecule has 0 spiro atoms. The molecular weight excluding hydrogens is 237 g/mol. The number of halogens is 1. The highest BCUT2D eigenvalue weighted by atomic mass is 19.1. The summed E-state index contributed by atoms with van der Waals surface area (Å²) < 4.78 is 12.8. The van der Waals surface area contributed by atoms with Gasteiger partial charge in [-0.1, -0.05) is 26.0 Å². The van der Waals surface area contributed by atoms with Gasteiger partial charge in [0.25, 0.3) is 0 Å². The van der Waals surface area contributed by atoms with Crippen LogP contribution in [0.3, 0.4) is 0 Å². The molecule has 5 heteroatoms. The molecule has 0 bridgehead atoms. The van der Waals surface area contributed by atoms with Crippen molar-refractivity contribution in [3.63, 3.8) is 0 Å². The molecule has 1 aromatic carbocycles. The molecule has 0 aromatic heterocycles. The third kappa shape index (κ3) is 3.84. The summed E-state index contributed by atoms with van der Waals surface area (Å²) in [7, 11) is 0. The van der Waals surface area contributed by atoms with Crippen molar-refractivity contribution in [3.05, 3.63) is 35.6 Å². The van der Waals surface area contributed by atoms with E-state index in [9.17, 15) is 14.0 Å². The zero-order chi connectivity index (χ0) is 13.7. The zero-order valence-electron chi connectivity index (χ0n) is 10.3. The molecule has 0 saturated heterocycles. The maximum absolute atomic E-state index is 12.8. The Morgan fingerprint density at radius 1 is 1.28 bits per heavy atom. The second-order valence-corrected chi connectivity index (χ2v) is 4.34. The Bertz CT molecular complexity index is 428. The molecule has 1 atom stereocenters. The predicted octanol–water partition coefficient (Wildman–Crippen LogP) is 1.77. The van der Waals surface area contributed by atoms with Crippen LogP contribution in [-0.4, -0.2) is 23.5 Å². The minimum absolute atomic E-state index is 0.00200. The maximum atomic E-state index is 12.8. The molecular formula is C13H16FNO3. The number of amides is 1. The number of nitrogens with one attached hydrogen (secondary N) is 1. The summed E-state index contributed by atoms with van der Waals surface area (Å²) in [6.07, 6.45) is 0. The first-order valence-corrected chi connectivity index (χ1v) is 5.67. The van der Waals surface area contributed by atoms with E-state index >= 15 is 0 Å². The molecule has 18 heavy (non-hydrogen) atoms. The number of carbonyl (C=O) groups is 2. The van der Waals surface area contributed by atoms with Crippen molar-refractivity contribution < 1.29 is 19.1 Å². The van der Waals surface area contributed by atoms with Gasteiger partial charge in [0.1, 0.15) is 5.82 Å². The van der Waals surface area contributed by atoms with Gasteiger partial charge in [0.05, 0.1) is 5.92 Å². The van der Waals surface area contributed by atoms with Crippen LogP contribution >= 0.6 is 0 Å². The summed E-state index contributed by atoms with van der Waals surface area (Å²) in [5.41, 5.74) is 0.466. The Labute approximate surface area is 105 Å². The quantitative estimate of drug-likeness (QED) is 0.840. The lowest BCUT2D eigenvalue weighted by atomic mass is 9.99. The Morgan fingerprint density at radius 3 is 2.28 bits per heavy atom. The SMILES string of the molecule is CC(C)C(=O)NCC(C(=O)O)c1ccc(F)cc1. The first kappa shape index (κ1) is 14.2. The topological polar surface area (TPSA) is 66.4 Å². The Hall–Kier alpha value is -1.91. The average Bonchev–Trinajstić information content (AvgIpc) is 2.30. The number of hydrogen-bond donors (Lipinski definition) is 2. The summed E-state index contributed by atoms with van der Waals surface area (Å²) >= 11 is 0. The number of carboxylic acid groups (broad SMARTS) is 1. The highest BCUT2D eigenvalue weighted by molar-refractivity contribution is 5.80. The van der Waals surface area contributed by atoms with E-state index in [0.29, 0.717) is 5.56 Å². The molecule has 4 nitrogen and oxygen atoms in total. The van der Waals surface area contributed by atoms with E-state index in [1.54, 1.807) is 13.8 Å². The summed E-state index contributed by atoms with van der Waals surface area (Å²) in [5.74, 6) is -2.75. The van der Waals surface area contributed by atoms with E-state index < -0.39 is 17.7 Å². The fraction of sp³-hybridized carbons (Fsp3) is 0.385. The molecule has 0 aliphatic rings. The number of hydrogen-bond acceptors (Lipinski definition) is 2. The van der Waals surface area contributed by atoms with Crippen LogP contribution in [0.2, 0.25) is 0 Å². The van der Waals surface area contributed by atoms with Gasteiger partial charge in [-0.2, -0.15) is 0 Å². The molecule has 1 aromatic rings. The second-order valence-electron chi connectivity index (χ2n) is 4.34. The van der Waals surface area contributed by atoms with Gasteiger partial charge in [-0.05, 0) is 17.7 Å². The molecule has 0 fully saturated rings. The van der Waals surface area contributed by atoms with Crippen LogP contribution in [0.5, 0.6) is 0 Å². The first-order chi connectivity index (χ1) is 8.41. The minimum atomic E-state index is -1.05. The highest BCUT2D eigenvalue weighted by Crippen LogP contribution is 2.16. The van der Waals surface area contributed by atoms with Gasteiger partial charge in [0.15, 0.2) is 0 Å². The number of carboxylic acids is 1. The summed E-state index contributed by atoms with van der Waals surface area (Å²) in [5, 5.41) is 11.7. The molecule has 1 amide bonds. The van der Waals surface area contributed by atoms with Gasteiger partial charge in [-0.15, -0.1) is 0 Å². The average molecular weight is 253 g/mol. The summed E-state index contributed by atoms with van der Waals surface area (Å²) in [4.78, 5) is 22.5. The van der Waals surface area contributed by atoms with E-state index in [4.69, 9.17) is 5.11 Å². The fourth-order valence-corrected chi connectivity index (χ4v) is 1.45. The van der Waals surface area contributed by atoms with Crippen molar-refractivity contribution in [1.82, 2.24) is 5.32 Å². The van der Waals surface area contributed by atoms with Gasteiger partial charge in [-0.3, -0.25) is 9.59 Å². The largest absolute Gasteiger partial charge is 0.481 e. The lowest BCUT2D eigenvalue weighted by Crippen LogP contribution is -2.34. The van der Waals surface area contributed by atoms with Crippen LogP contribution < -0.4 is 5.32 Å². The van der Waals surface area contributed by atoms with E-state index in [0.717, 1.165) is 0 Å². The van der Waals surface area contributed by atoms with Crippen LogP contribution in [0.1, 0.15) is 25.3 Å². The van der Waals surface area contributed by atoms with Crippen molar-refractivity contribution in [2.45, 2.75) is 19.8 Å². The van der Waals surface area contributed by atoms with Crippen molar-refractivity contribution in [1.29, 1.82) is 0 Å². The Balaban J connectivity index is 2.75. The molecule has 2 N–H and O–H groups in total. The zero-order valence-corrected chi connectivity index (χ0v) is 10.3. The molecule has 98 valence electrons. The predicted molar refractivity (Wildman–Crippen MR) is 64.6 cm³/mol. The first-order valence-electron chi connectivity index (χ1n) is 5.67. The van der Waals surface area contributed by atoms with Gasteiger partial charge in [0.2, 0.25) is 5.91 Å². The van der Waals surface area contributed by atoms with Crippen molar-refractivity contribution in [3.8, 4) is 0 Å². The minimum Gasteiger partial charge on any atom is -0.481 e. The normalized spacial score (nSPS) is 12.2. The van der Waals surface area contributed by atoms with Gasteiger partial charge < -0.3 is 10.4 Å². The van der Waals surface area contributed by atoms with Crippen LogP contribution in [0.15, 0.2) is 24.3 Å². The number of aliphatic carboxylic acids is 1. The molecule has 0 heterocycles. The van der Waals surface area contributed by atoms with Crippen molar-refractivity contribution in [2.24, 2.45) is 5.92 Å². The molecule has 1 rings (SSSR count).